The summed E-state index contributed by atoms with van der Waals surface area (Å²) in [7, 11) is 0. The fourth-order valence-electron chi connectivity index (χ4n) is 3.43. The lowest BCUT2D eigenvalue weighted by atomic mass is 10.1. The van der Waals surface area contributed by atoms with E-state index in [0.717, 1.165) is 35.4 Å². The first-order chi connectivity index (χ1) is 13.7. The molecule has 1 aliphatic rings. The SMILES string of the molecule is O=C(CN1CCCCC1)Nc1ccc2ncnc(Nc3ccc(Cl)cc3)c2c1. The molecule has 144 valence electrons. The number of hydrogen-bond acceptors (Lipinski definition) is 5. The highest BCUT2D eigenvalue weighted by atomic mass is 35.5. The van der Waals surface area contributed by atoms with Gasteiger partial charge in [0.2, 0.25) is 5.91 Å². The van der Waals surface area contributed by atoms with Crippen LogP contribution in [0.15, 0.2) is 48.8 Å². The quantitative estimate of drug-likeness (QED) is 0.667. The number of nitrogens with one attached hydrogen (secondary N) is 2. The fourth-order valence-corrected chi connectivity index (χ4v) is 3.55. The van der Waals surface area contributed by atoms with Crippen molar-refractivity contribution in [2.75, 3.05) is 30.3 Å². The Labute approximate surface area is 168 Å². The van der Waals surface area contributed by atoms with E-state index in [4.69, 9.17) is 11.6 Å². The second-order valence-electron chi connectivity index (χ2n) is 6.97. The first-order valence-electron chi connectivity index (χ1n) is 9.47. The molecule has 28 heavy (non-hydrogen) atoms. The Balaban J connectivity index is 1.52. The van der Waals surface area contributed by atoms with Gasteiger partial charge < -0.3 is 10.6 Å². The zero-order chi connectivity index (χ0) is 19.3. The topological polar surface area (TPSA) is 70.2 Å². The number of fused-ring (bicyclic) bond motifs is 1. The second-order valence-corrected chi connectivity index (χ2v) is 7.41. The molecule has 1 saturated heterocycles. The highest BCUT2D eigenvalue weighted by Gasteiger charge is 2.14. The van der Waals surface area contributed by atoms with Gasteiger partial charge in [0.15, 0.2) is 0 Å². The molecule has 1 amide bonds. The van der Waals surface area contributed by atoms with Gasteiger partial charge >= 0.3 is 0 Å². The summed E-state index contributed by atoms with van der Waals surface area (Å²) < 4.78 is 0. The summed E-state index contributed by atoms with van der Waals surface area (Å²) in [4.78, 5) is 23.3. The monoisotopic (exact) mass is 395 g/mol. The maximum absolute atomic E-state index is 12.4. The van der Waals surface area contributed by atoms with E-state index < -0.39 is 0 Å². The van der Waals surface area contributed by atoms with Crippen LogP contribution in [-0.2, 0) is 4.79 Å². The lowest BCUT2D eigenvalue weighted by Gasteiger charge is -2.25. The summed E-state index contributed by atoms with van der Waals surface area (Å²) in [6, 6.07) is 13.1. The summed E-state index contributed by atoms with van der Waals surface area (Å²) in [5.74, 6) is 0.685. The number of nitrogens with zero attached hydrogens (tertiary/aromatic N) is 3. The summed E-state index contributed by atoms with van der Waals surface area (Å²) in [5.41, 5.74) is 2.42. The molecule has 0 bridgehead atoms. The minimum absolute atomic E-state index is 0.00492. The molecule has 1 aromatic heterocycles. The van der Waals surface area contributed by atoms with Gasteiger partial charge in [0.05, 0.1) is 12.1 Å². The van der Waals surface area contributed by atoms with Crippen LogP contribution in [0.2, 0.25) is 5.02 Å². The molecular formula is C21H22ClN5O. The number of carbonyl (C=O) groups is 1. The first-order valence-corrected chi connectivity index (χ1v) is 9.85. The van der Waals surface area contributed by atoms with Gasteiger partial charge in [-0.15, -0.1) is 0 Å². The van der Waals surface area contributed by atoms with E-state index >= 15 is 0 Å². The normalized spacial score (nSPS) is 14.8. The van der Waals surface area contributed by atoms with Crippen LogP contribution in [0.3, 0.4) is 0 Å². The molecule has 1 aliphatic heterocycles. The smallest absolute Gasteiger partial charge is 0.238 e. The van der Waals surface area contributed by atoms with Crippen molar-refractivity contribution in [1.29, 1.82) is 0 Å². The number of halogens is 1. The van der Waals surface area contributed by atoms with Gasteiger partial charge in [0.1, 0.15) is 12.1 Å². The summed E-state index contributed by atoms with van der Waals surface area (Å²) in [6.07, 6.45) is 5.11. The number of anilines is 3. The Hall–Kier alpha value is -2.70. The van der Waals surface area contributed by atoms with Crippen molar-refractivity contribution >= 4 is 45.6 Å². The van der Waals surface area contributed by atoms with Crippen molar-refractivity contribution in [3.8, 4) is 0 Å². The summed E-state index contributed by atoms with van der Waals surface area (Å²) in [5, 5.41) is 7.81. The lowest BCUT2D eigenvalue weighted by molar-refractivity contribution is -0.117. The zero-order valence-corrected chi connectivity index (χ0v) is 16.2. The van der Waals surface area contributed by atoms with E-state index in [0.29, 0.717) is 17.4 Å². The maximum atomic E-state index is 12.4. The predicted octanol–water partition coefficient (Wildman–Crippen LogP) is 4.45. The van der Waals surface area contributed by atoms with E-state index in [2.05, 4.69) is 25.5 Å². The molecule has 2 aromatic carbocycles. The largest absolute Gasteiger partial charge is 0.340 e. The number of piperidine rings is 1. The molecule has 1 fully saturated rings. The van der Waals surface area contributed by atoms with Crippen molar-refractivity contribution in [1.82, 2.24) is 14.9 Å². The molecule has 0 radical (unpaired) electrons. The van der Waals surface area contributed by atoms with Crippen molar-refractivity contribution in [3.63, 3.8) is 0 Å². The molecule has 2 N–H and O–H groups in total. The van der Waals surface area contributed by atoms with Gasteiger partial charge in [-0.25, -0.2) is 9.97 Å². The van der Waals surface area contributed by atoms with Gasteiger partial charge in [-0.05, 0) is 68.4 Å². The molecule has 4 rings (SSSR count). The van der Waals surface area contributed by atoms with Crippen molar-refractivity contribution in [2.24, 2.45) is 0 Å². The number of hydrogen-bond donors (Lipinski definition) is 2. The molecule has 0 unspecified atom stereocenters. The van der Waals surface area contributed by atoms with E-state index in [1.807, 2.05) is 42.5 Å². The Kier molecular flexibility index (Phi) is 5.69. The third-order valence-corrected chi connectivity index (χ3v) is 5.09. The fraction of sp³-hybridized carbons (Fsp3) is 0.286. The molecule has 0 atom stereocenters. The number of carbonyl (C=O) groups excluding carboxylic acids is 1. The average Bonchev–Trinajstić information content (AvgIpc) is 2.71. The van der Waals surface area contributed by atoms with Gasteiger partial charge in [-0.1, -0.05) is 18.0 Å². The van der Waals surface area contributed by atoms with Crippen LogP contribution in [-0.4, -0.2) is 40.4 Å². The standard InChI is InChI=1S/C21H22ClN5O/c22-15-4-6-16(7-5-15)26-21-18-12-17(8-9-19(18)23-14-24-21)25-20(28)13-27-10-2-1-3-11-27/h4-9,12,14H,1-3,10-11,13H2,(H,25,28)(H,23,24,26). The van der Waals surface area contributed by atoms with E-state index in [1.54, 1.807) is 0 Å². The van der Waals surface area contributed by atoms with Crippen LogP contribution in [0.25, 0.3) is 10.9 Å². The molecule has 7 heteroatoms. The van der Waals surface area contributed by atoms with Crippen molar-refractivity contribution < 1.29 is 4.79 Å². The van der Waals surface area contributed by atoms with Crippen molar-refractivity contribution in [2.45, 2.75) is 19.3 Å². The molecule has 2 heterocycles. The lowest BCUT2D eigenvalue weighted by Crippen LogP contribution is -2.36. The third-order valence-electron chi connectivity index (χ3n) is 4.84. The van der Waals surface area contributed by atoms with Gasteiger partial charge in [0, 0.05) is 21.8 Å². The van der Waals surface area contributed by atoms with E-state index in [9.17, 15) is 4.79 Å². The Morgan fingerprint density at radius 2 is 1.75 bits per heavy atom. The van der Waals surface area contributed by atoms with Gasteiger partial charge in [0.25, 0.3) is 0 Å². The molecule has 0 saturated carbocycles. The molecule has 3 aromatic rings. The minimum Gasteiger partial charge on any atom is -0.340 e. The first kappa shape index (κ1) is 18.7. The number of likely N-dealkylation sites (tertiary alicyclic amines) is 1. The highest BCUT2D eigenvalue weighted by molar-refractivity contribution is 6.30. The van der Waals surface area contributed by atoms with Crippen LogP contribution < -0.4 is 10.6 Å². The summed E-state index contributed by atoms with van der Waals surface area (Å²) >= 11 is 5.95. The van der Waals surface area contributed by atoms with Crippen molar-refractivity contribution in [3.05, 3.63) is 53.8 Å². The molecule has 0 spiro atoms. The Morgan fingerprint density at radius 3 is 2.54 bits per heavy atom. The Bertz CT molecular complexity index is 970. The summed E-state index contributed by atoms with van der Waals surface area (Å²) in [6.45, 7) is 2.42. The van der Waals surface area contributed by atoms with Crippen LogP contribution in [0.1, 0.15) is 19.3 Å². The van der Waals surface area contributed by atoms with Crippen LogP contribution in [0.5, 0.6) is 0 Å². The predicted molar refractivity (Wildman–Crippen MR) is 113 cm³/mol. The van der Waals surface area contributed by atoms with Crippen LogP contribution in [0, 0.1) is 0 Å². The number of benzene rings is 2. The van der Waals surface area contributed by atoms with E-state index in [1.165, 1.54) is 25.6 Å². The molecule has 6 nitrogen and oxygen atoms in total. The van der Waals surface area contributed by atoms with Crippen LogP contribution in [0.4, 0.5) is 17.2 Å². The average molecular weight is 396 g/mol. The van der Waals surface area contributed by atoms with E-state index in [-0.39, 0.29) is 5.91 Å². The van der Waals surface area contributed by atoms with Crippen LogP contribution >= 0.6 is 11.6 Å². The number of amides is 1. The minimum atomic E-state index is 0.00492. The Morgan fingerprint density at radius 1 is 1.00 bits per heavy atom. The number of rotatable bonds is 5. The molecular weight excluding hydrogens is 374 g/mol. The maximum Gasteiger partial charge on any atom is 0.238 e. The number of aromatic nitrogens is 2. The van der Waals surface area contributed by atoms with Gasteiger partial charge in [-0.3, -0.25) is 9.69 Å². The molecule has 0 aliphatic carbocycles. The zero-order valence-electron chi connectivity index (χ0n) is 15.5. The third kappa shape index (κ3) is 4.58. The van der Waals surface area contributed by atoms with Gasteiger partial charge in [-0.2, -0.15) is 0 Å². The second kappa shape index (κ2) is 8.54. The highest BCUT2D eigenvalue weighted by Crippen LogP contribution is 2.26.